The van der Waals surface area contributed by atoms with Gasteiger partial charge in [0.25, 0.3) is 0 Å². The van der Waals surface area contributed by atoms with Crippen molar-refractivity contribution in [1.82, 2.24) is 4.98 Å². The van der Waals surface area contributed by atoms with Crippen LogP contribution in [0.2, 0.25) is 0 Å². The molecule has 4 aliphatic rings. The van der Waals surface area contributed by atoms with E-state index in [1.54, 1.807) is 72.9 Å². The molecule has 10 heteroatoms. The van der Waals surface area contributed by atoms with Gasteiger partial charge >= 0.3 is 23.9 Å². The molecule has 1 spiro atoms. The summed E-state index contributed by atoms with van der Waals surface area (Å²) in [5.74, 6) is -2.60. The molecular formula is C40H41NO9. The monoisotopic (exact) mass is 679 g/mol. The molecule has 2 aromatic carbocycles. The van der Waals surface area contributed by atoms with Crippen molar-refractivity contribution in [2.75, 3.05) is 6.61 Å². The van der Waals surface area contributed by atoms with Crippen molar-refractivity contribution in [2.45, 2.75) is 82.9 Å². The van der Waals surface area contributed by atoms with Crippen LogP contribution in [-0.2, 0) is 28.5 Å². The molecule has 0 radical (unpaired) electrons. The highest BCUT2D eigenvalue weighted by Crippen LogP contribution is 2.69. The van der Waals surface area contributed by atoms with Crippen LogP contribution in [0.1, 0.15) is 84.5 Å². The zero-order chi connectivity index (χ0) is 35.3. The third-order valence-electron chi connectivity index (χ3n) is 11.9. The van der Waals surface area contributed by atoms with E-state index in [4.69, 9.17) is 23.7 Å². The van der Waals surface area contributed by atoms with Gasteiger partial charge in [0.1, 0.15) is 23.9 Å². The van der Waals surface area contributed by atoms with Gasteiger partial charge in [-0.2, -0.15) is 0 Å². The number of aromatic nitrogens is 1. The van der Waals surface area contributed by atoms with E-state index in [1.807, 2.05) is 32.9 Å². The largest absolute Gasteiger partial charge is 0.463 e. The lowest BCUT2D eigenvalue weighted by molar-refractivity contribution is -0.345. The minimum Gasteiger partial charge on any atom is -0.463 e. The van der Waals surface area contributed by atoms with Gasteiger partial charge in [0.05, 0.1) is 23.1 Å². The normalized spacial score (nSPS) is 34.4. The van der Waals surface area contributed by atoms with Crippen molar-refractivity contribution in [2.24, 2.45) is 16.7 Å². The van der Waals surface area contributed by atoms with Gasteiger partial charge in [0.15, 0.2) is 12.2 Å². The van der Waals surface area contributed by atoms with E-state index < -0.39 is 64.2 Å². The van der Waals surface area contributed by atoms with Gasteiger partial charge in [0.2, 0.25) is 0 Å². The lowest BCUT2D eigenvalue weighted by atomic mass is 9.41. The van der Waals surface area contributed by atoms with Crippen molar-refractivity contribution in [3.8, 4) is 0 Å². The number of carbonyl (C=O) groups excluding carboxylic acids is 4. The van der Waals surface area contributed by atoms with Crippen LogP contribution in [0.3, 0.4) is 0 Å². The standard InChI is InChI=1S/C40H41NO9/c1-25-17-18-29(47-34(43)26-12-7-5-8-13-26)31-37(2)19-20-40(22-30(42)46-24-40)50-39(37,4)33(49-35(44)27-14-9-6-10-15-27)32(38(25,31)3)48-36(45)28-16-11-21-41-23-28/h5-17,21,23,29,31-33H,18-20,22,24H2,1-4H3/t29-,31-,32+,33+,37-,38+,39+,40+/m1/s1. The van der Waals surface area contributed by atoms with E-state index in [0.29, 0.717) is 30.4 Å². The number of hydrogen-bond acceptors (Lipinski definition) is 10. The lowest BCUT2D eigenvalue weighted by Gasteiger charge is -2.70. The Balaban J connectivity index is 1.40. The number of pyridine rings is 1. The first-order valence-corrected chi connectivity index (χ1v) is 17.1. The van der Waals surface area contributed by atoms with Gasteiger partial charge in [-0.25, -0.2) is 14.4 Å². The quantitative estimate of drug-likeness (QED) is 0.166. The number of carbonyl (C=O) groups is 4. The summed E-state index contributed by atoms with van der Waals surface area (Å²) in [6, 6.07) is 20.7. The molecule has 3 heterocycles. The summed E-state index contributed by atoms with van der Waals surface area (Å²) >= 11 is 0. The topological polar surface area (TPSA) is 127 Å². The lowest BCUT2D eigenvalue weighted by Crippen LogP contribution is -2.78. The average molecular weight is 680 g/mol. The molecule has 0 bridgehead atoms. The van der Waals surface area contributed by atoms with Gasteiger partial charge in [0, 0.05) is 35.6 Å². The fourth-order valence-electron chi connectivity index (χ4n) is 9.04. The van der Waals surface area contributed by atoms with Crippen LogP contribution < -0.4 is 0 Å². The van der Waals surface area contributed by atoms with E-state index in [0.717, 1.165) is 5.57 Å². The number of hydrogen-bond donors (Lipinski definition) is 0. The second-order valence-electron chi connectivity index (χ2n) is 14.6. The smallest absolute Gasteiger partial charge is 0.340 e. The number of ether oxygens (including phenoxy) is 5. The maximum absolute atomic E-state index is 14.0. The fraction of sp³-hybridized carbons (Fsp3) is 0.425. The molecule has 10 nitrogen and oxygen atoms in total. The molecule has 2 aliphatic heterocycles. The number of rotatable bonds is 6. The summed E-state index contributed by atoms with van der Waals surface area (Å²) in [5.41, 5.74) is -2.33. The summed E-state index contributed by atoms with van der Waals surface area (Å²) < 4.78 is 32.1. The molecule has 50 heavy (non-hydrogen) atoms. The molecule has 1 aromatic heterocycles. The zero-order valence-corrected chi connectivity index (χ0v) is 28.6. The van der Waals surface area contributed by atoms with Crippen LogP contribution in [0.4, 0.5) is 0 Å². The Morgan fingerprint density at radius 2 is 1.38 bits per heavy atom. The molecule has 1 saturated carbocycles. The average Bonchev–Trinajstić information content (AvgIpc) is 3.49. The Hall–Kier alpha value is -4.83. The zero-order valence-electron chi connectivity index (χ0n) is 28.6. The van der Waals surface area contributed by atoms with Gasteiger partial charge < -0.3 is 23.7 Å². The summed E-state index contributed by atoms with van der Waals surface area (Å²) in [7, 11) is 0. The Morgan fingerprint density at radius 1 is 0.780 bits per heavy atom. The highest BCUT2D eigenvalue weighted by atomic mass is 16.6. The predicted molar refractivity (Wildman–Crippen MR) is 180 cm³/mol. The molecule has 2 saturated heterocycles. The molecule has 2 aliphatic carbocycles. The van der Waals surface area contributed by atoms with Crippen LogP contribution >= 0.6 is 0 Å². The summed E-state index contributed by atoms with van der Waals surface area (Å²) in [6.07, 6.45) is 3.51. The van der Waals surface area contributed by atoms with E-state index in [9.17, 15) is 19.2 Å². The Labute approximate surface area is 291 Å². The van der Waals surface area contributed by atoms with Gasteiger partial charge in [-0.1, -0.05) is 61.9 Å². The number of esters is 4. The molecule has 7 rings (SSSR count). The van der Waals surface area contributed by atoms with Crippen molar-refractivity contribution >= 4 is 23.9 Å². The number of fused-ring (bicyclic) bond motifs is 3. The SMILES string of the molecule is CC1=CC[C@@H](OC(=O)c2ccccc2)[C@H]2[C@@]1(C)[C@@H](OC(=O)c1cccnc1)[C@H](OC(=O)c1ccccc1)[C@]1(C)O[C@]3(CC[C@]21C)COC(=O)C3. The number of nitrogens with zero attached hydrogens (tertiary/aromatic N) is 1. The Kier molecular flexibility index (Phi) is 8.41. The second kappa shape index (κ2) is 12.5. The first-order valence-electron chi connectivity index (χ1n) is 17.1. The highest BCUT2D eigenvalue weighted by molar-refractivity contribution is 5.91. The van der Waals surface area contributed by atoms with Gasteiger partial charge in [-0.3, -0.25) is 9.78 Å². The van der Waals surface area contributed by atoms with Crippen molar-refractivity contribution < 1.29 is 42.9 Å². The molecule has 8 atom stereocenters. The second-order valence-corrected chi connectivity index (χ2v) is 14.6. The Bertz CT molecular complexity index is 1830. The molecular weight excluding hydrogens is 638 g/mol. The maximum atomic E-state index is 14.0. The van der Waals surface area contributed by atoms with Crippen LogP contribution in [0.15, 0.2) is 96.8 Å². The van der Waals surface area contributed by atoms with E-state index >= 15 is 0 Å². The third kappa shape index (κ3) is 5.41. The van der Waals surface area contributed by atoms with E-state index in [2.05, 4.69) is 11.9 Å². The molecule has 260 valence electrons. The molecule has 3 fully saturated rings. The van der Waals surface area contributed by atoms with Crippen LogP contribution in [-0.4, -0.2) is 65.0 Å². The van der Waals surface area contributed by atoms with E-state index in [-0.39, 0.29) is 24.6 Å². The third-order valence-corrected chi connectivity index (χ3v) is 11.9. The fourth-order valence-corrected chi connectivity index (χ4v) is 9.04. The van der Waals surface area contributed by atoms with Crippen LogP contribution in [0.25, 0.3) is 0 Å². The summed E-state index contributed by atoms with van der Waals surface area (Å²) in [4.78, 5) is 58.4. The minimum atomic E-state index is -1.36. The molecule has 0 amide bonds. The number of benzene rings is 2. The van der Waals surface area contributed by atoms with Gasteiger partial charge in [-0.15, -0.1) is 0 Å². The summed E-state index contributed by atoms with van der Waals surface area (Å²) in [6.45, 7) is 7.96. The van der Waals surface area contributed by atoms with Crippen molar-refractivity contribution in [3.05, 3.63) is 114 Å². The van der Waals surface area contributed by atoms with Crippen LogP contribution in [0, 0.1) is 16.7 Å². The van der Waals surface area contributed by atoms with Gasteiger partial charge in [-0.05, 0) is 63.1 Å². The minimum absolute atomic E-state index is 0.0332. The van der Waals surface area contributed by atoms with E-state index in [1.165, 1.54) is 6.20 Å². The number of cyclic esters (lactones) is 1. The first kappa shape index (κ1) is 33.7. The predicted octanol–water partition coefficient (Wildman–Crippen LogP) is 6.31. The molecule has 3 aromatic rings. The van der Waals surface area contributed by atoms with Crippen LogP contribution in [0.5, 0.6) is 0 Å². The Morgan fingerprint density at radius 3 is 1.98 bits per heavy atom. The maximum Gasteiger partial charge on any atom is 0.340 e. The van der Waals surface area contributed by atoms with Crippen molar-refractivity contribution in [1.29, 1.82) is 0 Å². The first-order chi connectivity index (χ1) is 23.9. The highest BCUT2D eigenvalue weighted by Gasteiger charge is 2.76. The molecule has 0 N–H and O–H groups in total. The summed E-state index contributed by atoms with van der Waals surface area (Å²) in [5, 5.41) is 0. The molecule has 0 unspecified atom stereocenters. The van der Waals surface area contributed by atoms with Crippen molar-refractivity contribution in [3.63, 3.8) is 0 Å².